The minimum Gasteiger partial charge on any atom is -0.390 e. The van der Waals surface area contributed by atoms with Crippen LogP contribution in [-0.4, -0.2) is 63.6 Å². The van der Waals surface area contributed by atoms with Crippen molar-refractivity contribution in [3.05, 3.63) is 64.5 Å². The lowest BCUT2D eigenvalue weighted by Gasteiger charge is -2.30. The average Bonchev–Trinajstić information content (AvgIpc) is 3.21. The van der Waals surface area contributed by atoms with Crippen LogP contribution in [0.3, 0.4) is 0 Å². The molecule has 1 atom stereocenters. The van der Waals surface area contributed by atoms with Crippen molar-refractivity contribution in [2.45, 2.75) is 51.4 Å². The first-order valence-electron chi connectivity index (χ1n) is 11.2. The van der Waals surface area contributed by atoms with Crippen molar-refractivity contribution in [2.24, 2.45) is 4.99 Å². The van der Waals surface area contributed by atoms with Crippen LogP contribution in [0.1, 0.15) is 54.3 Å². The van der Waals surface area contributed by atoms with Crippen molar-refractivity contribution >= 4 is 11.6 Å². The quantitative estimate of drug-likeness (QED) is 0.690. The van der Waals surface area contributed by atoms with Gasteiger partial charge in [0.05, 0.1) is 37.7 Å². The summed E-state index contributed by atoms with van der Waals surface area (Å²) in [6.45, 7) is 6.64. The molecule has 1 saturated heterocycles. The SMILES string of the molecule is CC(C)(O)[C@@H](CC(=O)Cc1cc2c(c(CO)n1)C(N1CCOCC1)=NC2)c1ccccc1. The fourth-order valence-electron chi connectivity index (χ4n) is 4.56. The summed E-state index contributed by atoms with van der Waals surface area (Å²) in [7, 11) is 0. The van der Waals surface area contributed by atoms with Gasteiger partial charge in [0.1, 0.15) is 11.6 Å². The van der Waals surface area contributed by atoms with Crippen molar-refractivity contribution in [3.63, 3.8) is 0 Å². The second-order valence-corrected chi connectivity index (χ2v) is 9.03. The smallest absolute Gasteiger partial charge is 0.139 e. The summed E-state index contributed by atoms with van der Waals surface area (Å²) < 4.78 is 5.44. The van der Waals surface area contributed by atoms with Crippen LogP contribution >= 0.6 is 0 Å². The van der Waals surface area contributed by atoms with E-state index in [0.29, 0.717) is 31.1 Å². The summed E-state index contributed by atoms with van der Waals surface area (Å²) in [5, 5.41) is 20.7. The normalized spacial score (nSPS) is 17.1. The number of ketones is 1. The number of benzene rings is 1. The van der Waals surface area contributed by atoms with Crippen LogP contribution in [0.15, 0.2) is 41.4 Å². The number of carbonyl (C=O) groups is 1. The standard InChI is InChI=1S/C25H31N3O4/c1-25(2,31)21(17-6-4-3-5-7-17)14-20(30)13-19-12-18-15-26-24(23(18)22(16-29)27-19)28-8-10-32-11-9-28/h3-7,12,21,29,31H,8-11,13-16H2,1-2H3/t21-/m0/s1. The van der Waals surface area contributed by atoms with Crippen LogP contribution in [0.5, 0.6) is 0 Å². The van der Waals surface area contributed by atoms with E-state index in [9.17, 15) is 15.0 Å². The summed E-state index contributed by atoms with van der Waals surface area (Å²) in [5.41, 5.74) is 3.00. The molecule has 7 nitrogen and oxygen atoms in total. The fourth-order valence-corrected chi connectivity index (χ4v) is 4.56. The summed E-state index contributed by atoms with van der Waals surface area (Å²) in [5.74, 6) is 0.563. The molecule has 1 aromatic carbocycles. The first-order valence-corrected chi connectivity index (χ1v) is 11.2. The number of aromatic nitrogens is 1. The maximum atomic E-state index is 13.0. The van der Waals surface area contributed by atoms with Gasteiger partial charge in [0.2, 0.25) is 0 Å². The first kappa shape index (κ1) is 22.6. The number of pyridine rings is 1. The zero-order valence-electron chi connectivity index (χ0n) is 18.8. The Morgan fingerprint density at radius 3 is 2.59 bits per heavy atom. The highest BCUT2D eigenvalue weighted by molar-refractivity contribution is 6.03. The number of rotatable bonds is 7. The van der Waals surface area contributed by atoms with E-state index in [1.165, 1.54) is 0 Å². The third-order valence-corrected chi connectivity index (χ3v) is 6.18. The number of hydrogen-bond acceptors (Lipinski definition) is 7. The van der Waals surface area contributed by atoms with Gasteiger partial charge >= 0.3 is 0 Å². The van der Waals surface area contributed by atoms with Crippen LogP contribution in [0.4, 0.5) is 0 Å². The molecule has 2 N–H and O–H groups in total. The Morgan fingerprint density at radius 1 is 1.22 bits per heavy atom. The lowest BCUT2D eigenvalue weighted by molar-refractivity contribution is -0.120. The number of nitrogens with zero attached hydrogens (tertiary/aromatic N) is 3. The van der Waals surface area contributed by atoms with Crippen molar-refractivity contribution < 1.29 is 19.7 Å². The molecule has 1 fully saturated rings. The Kier molecular flexibility index (Phi) is 6.69. The van der Waals surface area contributed by atoms with E-state index >= 15 is 0 Å². The maximum Gasteiger partial charge on any atom is 0.139 e. The maximum absolute atomic E-state index is 13.0. The zero-order chi connectivity index (χ0) is 22.7. The third-order valence-electron chi connectivity index (χ3n) is 6.18. The molecule has 0 saturated carbocycles. The molecule has 0 amide bonds. The minimum atomic E-state index is -1.03. The van der Waals surface area contributed by atoms with Gasteiger partial charge in [-0.25, -0.2) is 0 Å². The predicted octanol–water partition coefficient (Wildman–Crippen LogP) is 2.22. The van der Waals surface area contributed by atoms with Crippen molar-refractivity contribution in [3.8, 4) is 0 Å². The number of Topliss-reactive ketones (excluding diaryl/α,β-unsaturated/α-hetero) is 1. The van der Waals surface area contributed by atoms with Gasteiger partial charge < -0.3 is 19.8 Å². The van der Waals surface area contributed by atoms with E-state index in [0.717, 1.165) is 35.6 Å². The van der Waals surface area contributed by atoms with Crippen molar-refractivity contribution in [1.82, 2.24) is 9.88 Å². The molecular weight excluding hydrogens is 406 g/mol. The van der Waals surface area contributed by atoms with Crippen LogP contribution in [-0.2, 0) is 29.1 Å². The van der Waals surface area contributed by atoms with Gasteiger partial charge in [-0.1, -0.05) is 30.3 Å². The molecule has 0 bridgehead atoms. The topological polar surface area (TPSA) is 95.2 Å². The van der Waals surface area contributed by atoms with Crippen LogP contribution < -0.4 is 0 Å². The molecule has 7 heteroatoms. The van der Waals surface area contributed by atoms with Crippen molar-refractivity contribution in [2.75, 3.05) is 26.3 Å². The summed E-state index contributed by atoms with van der Waals surface area (Å²) >= 11 is 0. The van der Waals surface area contributed by atoms with Crippen LogP contribution in [0.25, 0.3) is 0 Å². The van der Waals surface area contributed by atoms with Crippen molar-refractivity contribution in [1.29, 1.82) is 0 Å². The average molecular weight is 438 g/mol. The monoisotopic (exact) mass is 437 g/mol. The predicted molar refractivity (Wildman–Crippen MR) is 122 cm³/mol. The molecule has 32 heavy (non-hydrogen) atoms. The molecule has 2 aromatic rings. The third kappa shape index (κ3) is 4.90. The molecule has 3 heterocycles. The number of ether oxygens (including phenoxy) is 1. The Balaban J connectivity index is 1.52. The molecular formula is C25H31N3O4. The first-order chi connectivity index (χ1) is 15.4. The number of aliphatic hydroxyl groups excluding tert-OH is 1. The van der Waals surface area contributed by atoms with Gasteiger partial charge in [-0.15, -0.1) is 0 Å². The molecule has 2 aliphatic heterocycles. The second-order valence-electron chi connectivity index (χ2n) is 9.03. The van der Waals surface area contributed by atoms with E-state index < -0.39 is 5.60 Å². The summed E-state index contributed by atoms with van der Waals surface area (Å²) in [4.78, 5) is 24.5. The summed E-state index contributed by atoms with van der Waals surface area (Å²) in [6.07, 6.45) is 0.378. The number of aliphatic imine (C=N–C) groups is 1. The van der Waals surface area contributed by atoms with Crippen LogP contribution in [0, 0.1) is 0 Å². The van der Waals surface area contributed by atoms with Gasteiger partial charge in [0, 0.05) is 43.1 Å². The van der Waals surface area contributed by atoms with E-state index in [1.54, 1.807) is 13.8 Å². The molecule has 0 unspecified atom stereocenters. The molecule has 4 rings (SSSR count). The highest BCUT2D eigenvalue weighted by atomic mass is 16.5. The van der Waals surface area contributed by atoms with E-state index in [2.05, 4.69) is 9.88 Å². The van der Waals surface area contributed by atoms with E-state index in [1.807, 2.05) is 36.4 Å². The Labute approximate surface area is 188 Å². The number of morpholine rings is 1. The fraction of sp³-hybridized carbons (Fsp3) is 0.480. The van der Waals surface area contributed by atoms with E-state index in [4.69, 9.17) is 9.73 Å². The highest BCUT2D eigenvalue weighted by Gasteiger charge is 2.31. The number of hydrogen-bond donors (Lipinski definition) is 2. The molecule has 170 valence electrons. The van der Waals surface area contributed by atoms with Gasteiger partial charge in [-0.3, -0.25) is 14.8 Å². The molecule has 0 aliphatic carbocycles. The molecule has 0 radical (unpaired) electrons. The van der Waals surface area contributed by atoms with Gasteiger partial charge in [-0.05, 0) is 31.0 Å². The lowest BCUT2D eigenvalue weighted by Crippen LogP contribution is -2.41. The lowest BCUT2D eigenvalue weighted by atomic mass is 9.80. The number of carbonyl (C=O) groups excluding carboxylic acids is 1. The Bertz CT molecular complexity index is 992. The molecule has 2 aliphatic rings. The van der Waals surface area contributed by atoms with Gasteiger partial charge in [0.15, 0.2) is 0 Å². The zero-order valence-corrected chi connectivity index (χ0v) is 18.8. The van der Waals surface area contributed by atoms with Gasteiger partial charge in [0.25, 0.3) is 0 Å². The molecule has 1 aromatic heterocycles. The number of fused-ring (bicyclic) bond motifs is 1. The van der Waals surface area contributed by atoms with E-state index in [-0.39, 0.29) is 31.1 Å². The molecule has 0 spiro atoms. The van der Waals surface area contributed by atoms with Gasteiger partial charge in [-0.2, -0.15) is 0 Å². The number of amidine groups is 1. The summed E-state index contributed by atoms with van der Waals surface area (Å²) in [6, 6.07) is 11.6. The Hall–Kier alpha value is -2.61. The second kappa shape index (κ2) is 9.48. The van der Waals surface area contributed by atoms with Crippen LogP contribution in [0.2, 0.25) is 0 Å². The Morgan fingerprint density at radius 2 is 1.94 bits per heavy atom. The largest absolute Gasteiger partial charge is 0.390 e. The minimum absolute atomic E-state index is 0.00429. The number of aliphatic hydroxyl groups is 2. The highest BCUT2D eigenvalue weighted by Crippen LogP contribution is 2.32.